The topological polar surface area (TPSA) is 42.9 Å². The Labute approximate surface area is 75.8 Å². The molecule has 0 aromatic carbocycles. The number of aryl methyl sites for hydroxylation is 1. The molecule has 0 aliphatic carbocycles. The molecule has 0 unspecified atom stereocenters. The molecule has 1 heterocycles. The zero-order valence-corrected chi connectivity index (χ0v) is 7.94. The predicted octanol–water partition coefficient (Wildman–Crippen LogP) is 1.95. The number of ketones is 1. The van der Waals surface area contributed by atoms with Gasteiger partial charge in [-0.25, -0.2) is 9.97 Å². The highest BCUT2D eigenvalue weighted by Crippen LogP contribution is 2.12. The second-order valence-corrected chi connectivity index (χ2v) is 2.95. The molecule has 1 rings (SSSR count). The molecular weight excluding hydrogens is 176 g/mol. The highest BCUT2D eigenvalue weighted by Gasteiger charge is 2.09. The maximum Gasteiger partial charge on any atom is 0.223 e. The number of Topliss-reactive ketones (excluding diaryl/α,β-unsaturated/α-hetero) is 1. The van der Waals surface area contributed by atoms with E-state index >= 15 is 0 Å². The SMILES string of the molecule is CC(=O)c1nc(Cl)nc(C)c1C. The average Bonchev–Trinajstić information content (AvgIpc) is 1.96. The van der Waals surface area contributed by atoms with Crippen LogP contribution in [0.15, 0.2) is 0 Å². The summed E-state index contributed by atoms with van der Waals surface area (Å²) >= 11 is 5.59. The largest absolute Gasteiger partial charge is 0.293 e. The van der Waals surface area contributed by atoms with Crippen molar-refractivity contribution in [3.05, 3.63) is 22.2 Å². The molecule has 0 bridgehead atoms. The van der Waals surface area contributed by atoms with E-state index in [1.54, 1.807) is 6.92 Å². The van der Waals surface area contributed by atoms with E-state index in [9.17, 15) is 4.79 Å². The lowest BCUT2D eigenvalue weighted by Gasteiger charge is -2.03. The van der Waals surface area contributed by atoms with Crippen LogP contribution in [0.5, 0.6) is 0 Å². The number of hydrogen-bond donors (Lipinski definition) is 0. The van der Waals surface area contributed by atoms with Crippen LogP contribution in [0.4, 0.5) is 0 Å². The minimum Gasteiger partial charge on any atom is -0.293 e. The first-order valence-electron chi connectivity index (χ1n) is 3.54. The van der Waals surface area contributed by atoms with Crippen LogP contribution in [0.25, 0.3) is 0 Å². The second kappa shape index (κ2) is 3.19. The Morgan fingerprint density at radius 1 is 1.33 bits per heavy atom. The highest BCUT2D eigenvalue weighted by atomic mass is 35.5. The Bertz CT molecular complexity index is 336. The van der Waals surface area contributed by atoms with Crippen molar-refractivity contribution < 1.29 is 4.79 Å². The van der Waals surface area contributed by atoms with E-state index in [0.29, 0.717) is 5.69 Å². The summed E-state index contributed by atoms with van der Waals surface area (Å²) in [5.41, 5.74) is 1.96. The molecule has 0 fully saturated rings. The van der Waals surface area contributed by atoms with Crippen LogP contribution in [-0.2, 0) is 0 Å². The molecule has 1 aromatic heterocycles. The summed E-state index contributed by atoms with van der Waals surface area (Å²) in [5.74, 6) is -0.0834. The average molecular weight is 185 g/mol. The minimum absolute atomic E-state index is 0.0834. The van der Waals surface area contributed by atoms with E-state index in [-0.39, 0.29) is 11.1 Å². The van der Waals surface area contributed by atoms with Gasteiger partial charge >= 0.3 is 0 Å². The molecule has 0 saturated carbocycles. The quantitative estimate of drug-likeness (QED) is 0.495. The van der Waals surface area contributed by atoms with E-state index in [4.69, 9.17) is 11.6 Å². The summed E-state index contributed by atoms with van der Waals surface area (Å²) in [6.45, 7) is 5.07. The van der Waals surface area contributed by atoms with Crippen molar-refractivity contribution >= 4 is 17.4 Å². The summed E-state index contributed by atoms with van der Waals surface area (Å²) in [6.07, 6.45) is 0. The number of rotatable bonds is 1. The first-order chi connectivity index (χ1) is 5.52. The van der Waals surface area contributed by atoms with Crippen LogP contribution in [0.1, 0.15) is 28.7 Å². The summed E-state index contributed by atoms with van der Waals surface area (Å²) < 4.78 is 0. The summed E-state index contributed by atoms with van der Waals surface area (Å²) in [7, 11) is 0. The van der Waals surface area contributed by atoms with Gasteiger partial charge in [0.2, 0.25) is 5.28 Å². The van der Waals surface area contributed by atoms with E-state index in [1.807, 2.05) is 6.92 Å². The van der Waals surface area contributed by atoms with Crippen molar-refractivity contribution in [1.29, 1.82) is 0 Å². The third-order valence-electron chi connectivity index (χ3n) is 1.70. The Hall–Kier alpha value is -0.960. The van der Waals surface area contributed by atoms with Crippen molar-refractivity contribution in [2.24, 2.45) is 0 Å². The number of nitrogens with zero attached hydrogens (tertiary/aromatic N) is 2. The van der Waals surface area contributed by atoms with E-state index < -0.39 is 0 Å². The van der Waals surface area contributed by atoms with Gasteiger partial charge in [0.15, 0.2) is 5.78 Å². The van der Waals surface area contributed by atoms with Gasteiger partial charge in [0.1, 0.15) is 5.69 Å². The minimum atomic E-state index is -0.0834. The van der Waals surface area contributed by atoms with Gasteiger partial charge in [-0.15, -0.1) is 0 Å². The third kappa shape index (κ3) is 1.61. The lowest BCUT2D eigenvalue weighted by atomic mass is 10.1. The molecule has 0 saturated heterocycles. The number of carbonyl (C=O) groups excluding carboxylic acids is 1. The first-order valence-corrected chi connectivity index (χ1v) is 3.92. The summed E-state index contributed by atoms with van der Waals surface area (Å²) in [6, 6.07) is 0. The smallest absolute Gasteiger partial charge is 0.223 e. The molecular formula is C8H9ClN2O. The normalized spacial score (nSPS) is 10.0. The first kappa shape index (κ1) is 9.13. The molecule has 0 aliphatic heterocycles. The van der Waals surface area contributed by atoms with E-state index in [1.165, 1.54) is 6.92 Å². The number of carbonyl (C=O) groups is 1. The van der Waals surface area contributed by atoms with Crippen LogP contribution < -0.4 is 0 Å². The van der Waals surface area contributed by atoms with Crippen LogP contribution in [0, 0.1) is 13.8 Å². The lowest BCUT2D eigenvalue weighted by Crippen LogP contribution is -2.04. The van der Waals surface area contributed by atoms with Gasteiger partial charge in [-0.1, -0.05) is 0 Å². The zero-order valence-electron chi connectivity index (χ0n) is 7.18. The standard InChI is InChI=1S/C8H9ClN2O/c1-4-5(2)10-8(9)11-7(4)6(3)12/h1-3H3. The third-order valence-corrected chi connectivity index (χ3v) is 1.86. The van der Waals surface area contributed by atoms with E-state index in [2.05, 4.69) is 9.97 Å². The number of halogens is 1. The van der Waals surface area contributed by atoms with Crippen molar-refractivity contribution in [3.8, 4) is 0 Å². The maximum atomic E-state index is 11.0. The fourth-order valence-electron chi connectivity index (χ4n) is 0.937. The van der Waals surface area contributed by atoms with Crippen LogP contribution in [0.2, 0.25) is 5.28 Å². The Morgan fingerprint density at radius 3 is 2.42 bits per heavy atom. The molecule has 0 spiro atoms. The van der Waals surface area contributed by atoms with Gasteiger partial charge in [-0.2, -0.15) is 0 Å². The second-order valence-electron chi connectivity index (χ2n) is 2.61. The molecule has 12 heavy (non-hydrogen) atoms. The molecule has 0 radical (unpaired) electrons. The van der Waals surface area contributed by atoms with Gasteiger partial charge < -0.3 is 0 Å². The van der Waals surface area contributed by atoms with E-state index in [0.717, 1.165) is 11.3 Å². The van der Waals surface area contributed by atoms with Crippen molar-refractivity contribution in [3.63, 3.8) is 0 Å². The molecule has 4 heteroatoms. The van der Waals surface area contributed by atoms with Crippen LogP contribution >= 0.6 is 11.6 Å². The van der Waals surface area contributed by atoms with Gasteiger partial charge in [0.25, 0.3) is 0 Å². The molecule has 64 valence electrons. The Kier molecular flexibility index (Phi) is 2.43. The summed E-state index contributed by atoms with van der Waals surface area (Å²) in [4.78, 5) is 18.8. The predicted molar refractivity (Wildman–Crippen MR) is 46.5 cm³/mol. The molecule has 3 nitrogen and oxygen atoms in total. The van der Waals surface area contributed by atoms with Crippen molar-refractivity contribution in [1.82, 2.24) is 9.97 Å². The number of hydrogen-bond acceptors (Lipinski definition) is 3. The van der Waals surface area contributed by atoms with Gasteiger partial charge in [0.05, 0.1) is 0 Å². The summed E-state index contributed by atoms with van der Waals surface area (Å²) in [5, 5.41) is 0.128. The Balaban J connectivity index is 3.37. The Morgan fingerprint density at radius 2 is 1.92 bits per heavy atom. The number of aromatic nitrogens is 2. The molecule has 0 N–H and O–H groups in total. The maximum absolute atomic E-state index is 11.0. The fraction of sp³-hybridized carbons (Fsp3) is 0.375. The monoisotopic (exact) mass is 184 g/mol. The molecule has 1 aromatic rings. The molecule has 0 atom stereocenters. The fourth-order valence-corrected chi connectivity index (χ4v) is 1.15. The van der Waals surface area contributed by atoms with Gasteiger partial charge in [-0.05, 0) is 31.0 Å². The zero-order chi connectivity index (χ0) is 9.30. The van der Waals surface area contributed by atoms with Crippen molar-refractivity contribution in [2.45, 2.75) is 20.8 Å². The molecule has 0 amide bonds. The van der Waals surface area contributed by atoms with Crippen LogP contribution in [-0.4, -0.2) is 15.8 Å². The highest BCUT2D eigenvalue weighted by molar-refractivity contribution is 6.28. The van der Waals surface area contributed by atoms with Crippen LogP contribution in [0.3, 0.4) is 0 Å². The molecule has 0 aliphatic rings. The van der Waals surface area contributed by atoms with Crippen molar-refractivity contribution in [2.75, 3.05) is 0 Å². The van der Waals surface area contributed by atoms with Gasteiger partial charge in [0, 0.05) is 12.6 Å². The van der Waals surface area contributed by atoms with Gasteiger partial charge in [-0.3, -0.25) is 4.79 Å². The lowest BCUT2D eigenvalue weighted by molar-refractivity contribution is 0.101.